The van der Waals surface area contributed by atoms with E-state index in [1.807, 2.05) is 97.1 Å². The number of aromatic nitrogens is 2. The number of para-hydroxylation sites is 2. The predicted molar refractivity (Wildman–Crippen MR) is 223 cm³/mol. The highest BCUT2D eigenvalue weighted by Gasteiger charge is 2.64. The summed E-state index contributed by atoms with van der Waals surface area (Å²) in [6, 6.07) is 57.3. The van der Waals surface area contributed by atoms with E-state index < -0.39 is 28.2 Å². The maximum Gasteiger partial charge on any atom is 0.304 e. The van der Waals surface area contributed by atoms with Crippen LogP contribution in [0.1, 0.15) is 59.1 Å². The highest BCUT2D eigenvalue weighted by Crippen LogP contribution is 2.68. The second-order valence-electron chi connectivity index (χ2n) is 15.5. The molecule has 2 aromatic heterocycles. The first kappa shape index (κ1) is 34.6. The van der Waals surface area contributed by atoms with Crippen molar-refractivity contribution < 1.29 is 19.8 Å². The molecule has 10 rings (SSSR count). The molecule has 8 aromatic rings. The van der Waals surface area contributed by atoms with Crippen molar-refractivity contribution in [3.8, 4) is 22.5 Å². The zero-order chi connectivity index (χ0) is 38.8. The van der Waals surface area contributed by atoms with Gasteiger partial charge in [0, 0.05) is 44.6 Å². The largest absolute Gasteiger partial charge is 0.481 e. The van der Waals surface area contributed by atoms with E-state index in [2.05, 4.69) is 72.8 Å². The van der Waals surface area contributed by atoms with Gasteiger partial charge in [-0.3, -0.25) is 9.59 Å². The van der Waals surface area contributed by atoms with Gasteiger partial charge in [0.25, 0.3) is 0 Å². The van der Waals surface area contributed by atoms with Gasteiger partial charge in [-0.05, 0) is 70.5 Å². The third-order valence-corrected chi connectivity index (χ3v) is 12.8. The average Bonchev–Trinajstić information content (AvgIpc) is 3.67. The molecule has 0 amide bonds. The summed E-state index contributed by atoms with van der Waals surface area (Å²) >= 11 is 0. The SMILES string of the molecule is O=C(O)CCC1(CC2(C(CC(=O)O)(c3ccccc3)c3ccccc3)c3ccccc3-c3nc4ccccc4cc32)c2ccccc2-c2nc3ccccc3cc21. The van der Waals surface area contributed by atoms with Gasteiger partial charge in [-0.2, -0.15) is 0 Å². The fourth-order valence-electron chi connectivity index (χ4n) is 10.6. The third kappa shape index (κ3) is 5.03. The molecule has 6 aromatic carbocycles. The Balaban J connectivity index is 1.42. The number of hydrogen-bond donors (Lipinski definition) is 2. The van der Waals surface area contributed by atoms with Crippen molar-refractivity contribution in [3.05, 3.63) is 203 Å². The maximum atomic E-state index is 13.9. The Morgan fingerprint density at radius 1 is 0.509 bits per heavy atom. The number of rotatable bonds is 10. The number of hydrogen-bond acceptors (Lipinski definition) is 4. The van der Waals surface area contributed by atoms with Crippen molar-refractivity contribution in [1.82, 2.24) is 9.97 Å². The van der Waals surface area contributed by atoms with E-state index >= 15 is 0 Å². The highest BCUT2D eigenvalue weighted by molar-refractivity contribution is 5.92. The summed E-state index contributed by atoms with van der Waals surface area (Å²) in [6.45, 7) is 0. The molecule has 0 saturated heterocycles. The molecule has 2 aliphatic carbocycles. The first-order valence-electron chi connectivity index (χ1n) is 19.4. The number of carboxylic acid groups (broad SMARTS) is 2. The zero-order valence-electron chi connectivity index (χ0n) is 31.1. The van der Waals surface area contributed by atoms with Gasteiger partial charge in [0.2, 0.25) is 0 Å². The van der Waals surface area contributed by atoms with E-state index in [0.717, 1.165) is 77.7 Å². The van der Waals surface area contributed by atoms with E-state index in [-0.39, 0.29) is 19.3 Å². The molecule has 276 valence electrons. The summed E-state index contributed by atoms with van der Waals surface area (Å²) in [5.41, 5.74) is 7.49. The average molecular weight is 743 g/mol. The van der Waals surface area contributed by atoms with Gasteiger partial charge in [-0.15, -0.1) is 0 Å². The Hall–Kier alpha value is -6.92. The number of fused-ring (bicyclic) bond motifs is 8. The first-order chi connectivity index (χ1) is 27.9. The molecule has 0 radical (unpaired) electrons. The van der Waals surface area contributed by atoms with Crippen molar-refractivity contribution >= 4 is 33.7 Å². The molecule has 57 heavy (non-hydrogen) atoms. The molecule has 6 heteroatoms. The summed E-state index contributed by atoms with van der Waals surface area (Å²) in [4.78, 5) is 37.5. The van der Waals surface area contributed by atoms with E-state index in [4.69, 9.17) is 9.97 Å². The molecule has 6 nitrogen and oxygen atoms in total. The highest BCUT2D eigenvalue weighted by atomic mass is 16.4. The number of benzene rings is 6. The molecule has 0 saturated carbocycles. The van der Waals surface area contributed by atoms with E-state index in [0.29, 0.717) is 6.42 Å². The van der Waals surface area contributed by atoms with E-state index in [1.165, 1.54) is 0 Å². The Morgan fingerprint density at radius 2 is 0.982 bits per heavy atom. The number of aliphatic carboxylic acids is 2. The number of carboxylic acids is 2. The molecule has 2 unspecified atom stereocenters. The van der Waals surface area contributed by atoms with Crippen LogP contribution in [-0.4, -0.2) is 32.1 Å². The quantitative estimate of drug-likeness (QED) is 0.145. The third-order valence-electron chi connectivity index (χ3n) is 12.8. The number of nitrogens with zero attached hydrogens (tertiary/aromatic N) is 2. The normalized spacial score (nSPS) is 17.8. The predicted octanol–water partition coefficient (Wildman–Crippen LogP) is 10.7. The van der Waals surface area contributed by atoms with E-state index in [9.17, 15) is 19.8 Å². The zero-order valence-corrected chi connectivity index (χ0v) is 31.1. The lowest BCUT2D eigenvalue weighted by Crippen LogP contribution is -2.54. The van der Waals surface area contributed by atoms with Gasteiger partial charge >= 0.3 is 11.9 Å². The van der Waals surface area contributed by atoms with Crippen LogP contribution in [0.4, 0.5) is 0 Å². The maximum absolute atomic E-state index is 13.9. The van der Waals surface area contributed by atoms with Crippen LogP contribution in [0.2, 0.25) is 0 Å². The molecular weight excluding hydrogens is 705 g/mol. The molecular formula is C51H38N2O4. The van der Waals surface area contributed by atoms with Crippen LogP contribution < -0.4 is 0 Å². The molecule has 2 aliphatic rings. The monoisotopic (exact) mass is 742 g/mol. The summed E-state index contributed by atoms with van der Waals surface area (Å²) in [5.74, 6) is -1.84. The topological polar surface area (TPSA) is 100 Å². The Bertz CT molecular complexity index is 2850. The fourth-order valence-corrected chi connectivity index (χ4v) is 10.6. The molecule has 2 N–H and O–H groups in total. The molecule has 0 spiro atoms. The van der Waals surface area contributed by atoms with Crippen molar-refractivity contribution in [2.45, 2.75) is 41.9 Å². The van der Waals surface area contributed by atoms with Crippen LogP contribution in [0.15, 0.2) is 170 Å². The number of carbonyl (C=O) groups is 2. The van der Waals surface area contributed by atoms with Crippen molar-refractivity contribution in [1.29, 1.82) is 0 Å². The molecule has 2 heterocycles. The number of pyridine rings is 2. The summed E-state index contributed by atoms with van der Waals surface area (Å²) in [5, 5.41) is 23.8. The lowest BCUT2D eigenvalue weighted by molar-refractivity contribution is -0.139. The van der Waals surface area contributed by atoms with Crippen molar-refractivity contribution in [3.63, 3.8) is 0 Å². The van der Waals surface area contributed by atoms with Crippen LogP contribution in [0.3, 0.4) is 0 Å². The summed E-state index contributed by atoms with van der Waals surface area (Å²) in [7, 11) is 0. The first-order valence-corrected chi connectivity index (χ1v) is 19.4. The van der Waals surface area contributed by atoms with Crippen LogP contribution in [0.25, 0.3) is 44.3 Å². The molecule has 0 bridgehead atoms. The van der Waals surface area contributed by atoms with Gasteiger partial charge < -0.3 is 10.2 Å². The second-order valence-corrected chi connectivity index (χ2v) is 15.5. The minimum absolute atomic E-state index is 0.107. The summed E-state index contributed by atoms with van der Waals surface area (Å²) in [6.07, 6.45) is 0.239. The lowest BCUT2D eigenvalue weighted by Gasteiger charge is -2.54. The smallest absolute Gasteiger partial charge is 0.304 e. The summed E-state index contributed by atoms with van der Waals surface area (Å²) < 4.78 is 0. The molecule has 0 fully saturated rings. The Morgan fingerprint density at radius 3 is 1.56 bits per heavy atom. The Labute approximate surface area is 330 Å². The van der Waals surface area contributed by atoms with Gasteiger partial charge in [-0.1, -0.05) is 146 Å². The van der Waals surface area contributed by atoms with Gasteiger partial charge in [0.15, 0.2) is 0 Å². The van der Waals surface area contributed by atoms with Crippen molar-refractivity contribution in [2.24, 2.45) is 0 Å². The van der Waals surface area contributed by atoms with Gasteiger partial charge in [0.05, 0.1) is 28.8 Å². The minimum Gasteiger partial charge on any atom is -0.481 e. The molecule has 0 aliphatic heterocycles. The molecule has 2 atom stereocenters. The van der Waals surface area contributed by atoms with Crippen molar-refractivity contribution in [2.75, 3.05) is 0 Å². The minimum atomic E-state index is -1.23. The van der Waals surface area contributed by atoms with E-state index in [1.54, 1.807) is 0 Å². The standard InChI is InChI=1S/C51H38N2O4/c54-45(55)27-28-49(39-23-11-9-21-37(39)47-41(49)29-33-15-7-13-25-43(33)52-47)32-51(50(31-46(56)57,35-17-3-1-4-18-35)36-19-5-2-6-20-36)40-24-12-10-22-38(40)48-42(51)30-34-16-8-14-26-44(34)53-48/h1-26,29-30H,27-28,31-32H2,(H,54,55)(H,56,57). The Kier molecular flexibility index (Phi) is 7.94. The van der Waals surface area contributed by atoms with Crippen LogP contribution >= 0.6 is 0 Å². The van der Waals surface area contributed by atoms with Gasteiger partial charge in [0.1, 0.15) is 0 Å². The van der Waals surface area contributed by atoms with Crippen LogP contribution in [-0.2, 0) is 25.8 Å². The van der Waals surface area contributed by atoms with Crippen LogP contribution in [0.5, 0.6) is 0 Å². The lowest BCUT2D eigenvalue weighted by atomic mass is 9.46. The fraction of sp³-hybridized carbons (Fsp3) is 0.137. The van der Waals surface area contributed by atoms with Gasteiger partial charge in [-0.25, -0.2) is 9.97 Å². The van der Waals surface area contributed by atoms with Crippen LogP contribution in [0, 0.1) is 0 Å². The second kappa shape index (κ2) is 13.1.